The largest absolute Gasteiger partial charge is 0.494 e. The van der Waals surface area contributed by atoms with Crippen molar-refractivity contribution >= 4 is 5.95 Å². The third-order valence-corrected chi connectivity index (χ3v) is 1.31. The minimum absolute atomic E-state index is 0.0804. The molecular weight excluding hydrogens is 199 g/mol. The topological polar surface area (TPSA) is 47.0 Å². The molecule has 1 heterocycles. The van der Waals surface area contributed by atoms with E-state index >= 15 is 0 Å². The summed E-state index contributed by atoms with van der Waals surface area (Å²) in [7, 11) is 1.42. The Bertz CT molecular complexity index is 285. The molecule has 7 heteroatoms. The van der Waals surface area contributed by atoms with Crippen LogP contribution in [0.1, 0.15) is 0 Å². The van der Waals surface area contributed by atoms with Crippen LogP contribution in [0.2, 0.25) is 0 Å². The Labute approximate surface area is 78.1 Å². The highest BCUT2D eigenvalue weighted by Gasteiger charge is 2.26. The Morgan fingerprint density at radius 1 is 1.36 bits per heavy atom. The molecule has 0 fully saturated rings. The van der Waals surface area contributed by atoms with Gasteiger partial charge in [-0.05, 0) is 0 Å². The number of ether oxygens (including phenoxy) is 1. The summed E-state index contributed by atoms with van der Waals surface area (Å²) in [5.41, 5.74) is 0. The van der Waals surface area contributed by atoms with Crippen molar-refractivity contribution in [1.29, 1.82) is 0 Å². The average Bonchev–Trinajstić information content (AvgIpc) is 2.14. The van der Waals surface area contributed by atoms with Crippen molar-refractivity contribution in [3.8, 4) is 5.75 Å². The molecule has 1 rings (SSSR count). The van der Waals surface area contributed by atoms with Gasteiger partial charge in [-0.25, -0.2) is 9.97 Å². The van der Waals surface area contributed by atoms with E-state index in [1.807, 2.05) is 5.32 Å². The quantitative estimate of drug-likeness (QED) is 0.815. The van der Waals surface area contributed by atoms with Crippen molar-refractivity contribution in [1.82, 2.24) is 9.97 Å². The van der Waals surface area contributed by atoms with Gasteiger partial charge in [0, 0.05) is 0 Å². The van der Waals surface area contributed by atoms with Crippen LogP contribution < -0.4 is 10.1 Å². The van der Waals surface area contributed by atoms with E-state index in [1.165, 1.54) is 19.5 Å². The third-order valence-electron chi connectivity index (χ3n) is 1.31. The molecule has 1 aromatic rings. The second-order valence-corrected chi connectivity index (χ2v) is 2.42. The first-order valence-electron chi connectivity index (χ1n) is 3.68. The van der Waals surface area contributed by atoms with E-state index in [1.54, 1.807) is 0 Å². The third kappa shape index (κ3) is 3.46. The number of hydrogen-bond donors (Lipinski definition) is 1. The van der Waals surface area contributed by atoms with Crippen molar-refractivity contribution in [3.05, 3.63) is 12.4 Å². The SMILES string of the molecule is COc1cnc(NCC(F)(F)F)nc1. The number of aromatic nitrogens is 2. The van der Waals surface area contributed by atoms with Gasteiger partial charge in [0.25, 0.3) is 0 Å². The van der Waals surface area contributed by atoms with Gasteiger partial charge < -0.3 is 10.1 Å². The molecule has 0 aliphatic carbocycles. The van der Waals surface area contributed by atoms with Gasteiger partial charge >= 0.3 is 6.18 Å². The van der Waals surface area contributed by atoms with Crippen molar-refractivity contribution in [2.75, 3.05) is 19.0 Å². The fourth-order valence-electron chi connectivity index (χ4n) is 0.692. The molecule has 14 heavy (non-hydrogen) atoms. The van der Waals surface area contributed by atoms with Gasteiger partial charge in [-0.1, -0.05) is 0 Å². The van der Waals surface area contributed by atoms with E-state index in [0.29, 0.717) is 5.75 Å². The Morgan fingerprint density at radius 3 is 2.36 bits per heavy atom. The average molecular weight is 207 g/mol. The van der Waals surface area contributed by atoms with E-state index in [-0.39, 0.29) is 5.95 Å². The summed E-state index contributed by atoms with van der Waals surface area (Å²) in [6.45, 7) is -1.15. The fourth-order valence-corrected chi connectivity index (χ4v) is 0.692. The molecule has 0 bridgehead atoms. The zero-order valence-electron chi connectivity index (χ0n) is 7.30. The molecule has 0 aliphatic heterocycles. The zero-order chi connectivity index (χ0) is 10.6. The molecule has 0 saturated heterocycles. The van der Waals surface area contributed by atoms with Gasteiger partial charge in [-0.2, -0.15) is 13.2 Å². The standard InChI is InChI=1S/C7H8F3N3O/c1-14-5-2-11-6(12-3-5)13-4-7(8,9)10/h2-3H,4H2,1H3,(H,11,12,13). The predicted octanol–water partition coefficient (Wildman–Crippen LogP) is 1.46. The number of anilines is 1. The Kier molecular flexibility index (Phi) is 3.10. The summed E-state index contributed by atoms with van der Waals surface area (Å²) < 4.78 is 40.0. The predicted molar refractivity (Wildman–Crippen MR) is 43.1 cm³/mol. The minimum atomic E-state index is -4.27. The van der Waals surface area contributed by atoms with Crippen LogP contribution in [0.5, 0.6) is 5.75 Å². The first kappa shape index (κ1) is 10.6. The second kappa shape index (κ2) is 4.12. The van der Waals surface area contributed by atoms with Crippen LogP contribution in [-0.4, -0.2) is 29.8 Å². The van der Waals surface area contributed by atoms with Crippen LogP contribution >= 0.6 is 0 Å². The summed E-state index contributed by atoms with van der Waals surface area (Å²) in [6, 6.07) is 0. The molecule has 0 amide bonds. The van der Waals surface area contributed by atoms with E-state index in [4.69, 9.17) is 4.74 Å². The Morgan fingerprint density at radius 2 is 1.93 bits per heavy atom. The van der Waals surface area contributed by atoms with Gasteiger partial charge in [-0.3, -0.25) is 0 Å². The van der Waals surface area contributed by atoms with Crippen LogP contribution in [0.25, 0.3) is 0 Å². The van der Waals surface area contributed by atoms with Crippen molar-refractivity contribution in [2.45, 2.75) is 6.18 Å². The van der Waals surface area contributed by atoms with E-state index in [0.717, 1.165) is 0 Å². The summed E-state index contributed by atoms with van der Waals surface area (Å²) in [4.78, 5) is 7.21. The normalized spacial score (nSPS) is 11.1. The van der Waals surface area contributed by atoms with Gasteiger partial charge in [-0.15, -0.1) is 0 Å². The van der Waals surface area contributed by atoms with Gasteiger partial charge in [0.15, 0.2) is 5.75 Å². The van der Waals surface area contributed by atoms with Crippen molar-refractivity contribution < 1.29 is 17.9 Å². The molecule has 78 valence electrons. The van der Waals surface area contributed by atoms with E-state index in [9.17, 15) is 13.2 Å². The van der Waals surface area contributed by atoms with Gasteiger partial charge in [0.05, 0.1) is 19.5 Å². The first-order valence-corrected chi connectivity index (χ1v) is 3.68. The molecule has 0 radical (unpaired) electrons. The highest BCUT2D eigenvalue weighted by Crippen LogP contribution is 2.15. The number of methoxy groups -OCH3 is 1. The Balaban J connectivity index is 2.52. The number of hydrogen-bond acceptors (Lipinski definition) is 4. The molecule has 1 N–H and O–H groups in total. The molecule has 0 saturated carbocycles. The van der Waals surface area contributed by atoms with E-state index < -0.39 is 12.7 Å². The van der Waals surface area contributed by atoms with Crippen LogP contribution in [0.15, 0.2) is 12.4 Å². The Hall–Kier alpha value is -1.53. The molecule has 0 unspecified atom stereocenters. The lowest BCUT2D eigenvalue weighted by molar-refractivity contribution is -0.115. The number of halogens is 3. The smallest absolute Gasteiger partial charge is 0.405 e. The number of alkyl halides is 3. The number of nitrogens with one attached hydrogen (secondary N) is 1. The highest BCUT2D eigenvalue weighted by molar-refractivity contribution is 5.26. The fraction of sp³-hybridized carbons (Fsp3) is 0.429. The van der Waals surface area contributed by atoms with E-state index in [2.05, 4.69) is 9.97 Å². The maximum atomic E-state index is 11.7. The molecule has 0 spiro atoms. The second-order valence-electron chi connectivity index (χ2n) is 2.42. The maximum absolute atomic E-state index is 11.7. The molecule has 0 aliphatic rings. The maximum Gasteiger partial charge on any atom is 0.405 e. The lowest BCUT2D eigenvalue weighted by Crippen LogP contribution is -2.22. The molecule has 0 atom stereocenters. The summed E-state index contributed by atoms with van der Waals surface area (Å²) >= 11 is 0. The van der Waals surface area contributed by atoms with Crippen LogP contribution in [-0.2, 0) is 0 Å². The molecule has 0 aromatic carbocycles. The minimum Gasteiger partial charge on any atom is -0.494 e. The summed E-state index contributed by atoms with van der Waals surface area (Å²) in [5.74, 6) is 0.311. The van der Waals surface area contributed by atoms with Crippen LogP contribution in [0.3, 0.4) is 0 Å². The van der Waals surface area contributed by atoms with Crippen LogP contribution in [0, 0.1) is 0 Å². The lowest BCUT2D eigenvalue weighted by Gasteiger charge is -2.07. The lowest BCUT2D eigenvalue weighted by atomic mass is 10.6. The zero-order valence-corrected chi connectivity index (χ0v) is 7.30. The van der Waals surface area contributed by atoms with Gasteiger partial charge in [0.1, 0.15) is 6.54 Å². The highest BCUT2D eigenvalue weighted by atomic mass is 19.4. The summed E-state index contributed by atoms with van der Waals surface area (Å²) in [5, 5.41) is 2.03. The van der Waals surface area contributed by atoms with Gasteiger partial charge in [0.2, 0.25) is 5.95 Å². The number of nitrogens with zero attached hydrogens (tertiary/aromatic N) is 2. The van der Waals surface area contributed by atoms with Crippen molar-refractivity contribution in [3.63, 3.8) is 0 Å². The monoisotopic (exact) mass is 207 g/mol. The first-order chi connectivity index (χ1) is 6.51. The molecule has 1 aromatic heterocycles. The number of rotatable bonds is 3. The summed E-state index contributed by atoms with van der Waals surface area (Å²) in [6.07, 6.45) is -1.71. The molecular formula is C7H8F3N3O. The van der Waals surface area contributed by atoms with Crippen LogP contribution in [0.4, 0.5) is 19.1 Å². The van der Waals surface area contributed by atoms with Crippen molar-refractivity contribution in [2.24, 2.45) is 0 Å². The molecule has 4 nitrogen and oxygen atoms in total.